The average molecular weight is 376 g/mol. The number of nitro benzene ring substituents is 1. The van der Waals surface area contributed by atoms with Gasteiger partial charge in [-0.1, -0.05) is 12.1 Å². The molecule has 1 aromatic carbocycles. The van der Waals surface area contributed by atoms with Crippen LogP contribution in [0.3, 0.4) is 0 Å². The summed E-state index contributed by atoms with van der Waals surface area (Å²) in [5.41, 5.74) is -1.32. The van der Waals surface area contributed by atoms with Gasteiger partial charge in [-0.2, -0.15) is 0 Å². The summed E-state index contributed by atoms with van der Waals surface area (Å²) in [5.74, 6) is -0.176. The van der Waals surface area contributed by atoms with Gasteiger partial charge < -0.3 is 4.74 Å². The number of guanidine groups is 1. The fraction of sp³-hybridized carbons (Fsp3) is 0.500. The molecule has 27 heavy (non-hydrogen) atoms. The summed E-state index contributed by atoms with van der Waals surface area (Å²) < 4.78 is 5.23. The first kappa shape index (κ1) is 20.3. The SMILES string of the molecule is CCN1C(=O)C[C@@](C)(c2cccc([N+](=O)[O-])c2)N=C1NC(=O)OC(C)(C)C. The Morgan fingerprint density at radius 1 is 1.44 bits per heavy atom. The highest BCUT2D eigenvalue weighted by molar-refractivity contribution is 6.05. The van der Waals surface area contributed by atoms with Gasteiger partial charge >= 0.3 is 6.09 Å². The number of nitrogens with one attached hydrogen (secondary N) is 1. The Labute approximate surface area is 157 Å². The van der Waals surface area contributed by atoms with Crippen molar-refractivity contribution in [1.29, 1.82) is 0 Å². The van der Waals surface area contributed by atoms with Crippen molar-refractivity contribution in [2.45, 2.75) is 52.2 Å². The Morgan fingerprint density at radius 2 is 2.11 bits per heavy atom. The van der Waals surface area contributed by atoms with Gasteiger partial charge in [0.15, 0.2) is 0 Å². The Kier molecular flexibility index (Phi) is 5.53. The molecule has 1 heterocycles. The summed E-state index contributed by atoms with van der Waals surface area (Å²) in [6.07, 6.45) is -0.697. The number of ether oxygens (including phenoxy) is 1. The molecule has 2 rings (SSSR count). The number of aliphatic imine (C=N–C) groups is 1. The van der Waals surface area contributed by atoms with Crippen LogP contribution in [0, 0.1) is 10.1 Å². The Balaban J connectivity index is 2.42. The summed E-state index contributed by atoms with van der Waals surface area (Å²) in [6, 6.07) is 5.99. The maximum Gasteiger partial charge on any atom is 0.414 e. The van der Waals surface area contributed by atoms with Crippen molar-refractivity contribution in [1.82, 2.24) is 10.2 Å². The molecule has 0 bridgehead atoms. The second-order valence-electron chi connectivity index (χ2n) is 7.46. The second kappa shape index (κ2) is 7.34. The van der Waals surface area contributed by atoms with Gasteiger partial charge in [0, 0.05) is 18.7 Å². The van der Waals surface area contributed by atoms with Crippen LogP contribution in [0.15, 0.2) is 29.3 Å². The molecule has 9 heteroatoms. The quantitative estimate of drug-likeness (QED) is 0.643. The second-order valence-corrected chi connectivity index (χ2v) is 7.46. The molecular weight excluding hydrogens is 352 g/mol. The first-order valence-electron chi connectivity index (χ1n) is 8.60. The minimum Gasteiger partial charge on any atom is -0.444 e. The van der Waals surface area contributed by atoms with Gasteiger partial charge in [0.25, 0.3) is 5.69 Å². The van der Waals surface area contributed by atoms with E-state index in [2.05, 4.69) is 10.3 Å². The van der Waals surface area contributed by atoms with Crippen LogP contribution in [0.5, 0.6) is 0 Å². The minimum atomic E-state index is -1.04. The molecule has 1 aliphatic rings. The van der Waals surface area contributed by atoms with Gasteiger partial charge in [-0.15, -0.1) is 0 Å². The normalized spacial score (nSPS) is 20.1. The number of nitrogens with zero attached hydrogens (tertiary/aromatic N) is 3. The molecule has 1 aromatic rings. The zero-order valence-corrected chi connectivity index (χ0v) is 16.1. The van der Waals surface area contributed by atoms with Gasteiger partial charge in [-0.3, -0.25) is 25.1 Å². The predicted octanol–water partition coefficient (Wildman–Crippen LogP) is 2.94. The van der Waals surface area contributed by atoms with Crippen molar-refractivity contribution in [3.05, 3.63) is 39.9 Å². The van der Waals surface area contributed by atoms with Gasteiger partial charge in [0.05, 0.1) is 16.9 Å². The molecule has 1 aliphatic heterocycles. The van der Waals surface area contributed by atoms with E-state index in [4.69, 9.17) is 4.74 Å². The number of non-ortho nitro benzene ring substituents is 1. The monoisotopic (exact) mass is 376 g/mol. The standard InChI is InChI=1S/C18H24N4O5/c1-6-21-14(23)11-18(5,12-8-7-9-13(10-12)22(25)26)20-15(21)19-16(24)27-17(2,3)4/h7-10H,6,11H2,1-5H3,(H,19,20,24)/t18-/m0/s1. The van der Waals surface area contributed by atoms with E-state index in [1.165, 1.54) is 17.0 Å². The van der Waals surface area contributed by atoms with Crippen LogP contribution in [0.1, 0.15) is 46.6 Å². The molecule has 0 radical (unpaired) electrons. The number of carbonyl (C=O) groups excluding carboxylic acids is 2. The van der Waals surface area contributed by atoms with Crippen molar-refractivity contribution >= 4 is 23.6 Å². The number of hydrogen-bond donors (Lipinski definition) is 1. The lowest BCUT2D eigenvalue weighted by Crippen LogP contribution is -2.53. The molecule has 0 spiro atoms. The summed E-state index contributed by atoms with van der Waals surface area (Å²) in [7, 11) is 0. The first-order valence-corrected chi connectivity index (χ1v) is 8.60. The average Bonchev–Trinajstić information content (AvgIpc) is 2.52. The van der Waals surface area contributed by atoms with Crippen LogP contribution in [0.4, 0.5) is 10.5 Å². The predicted molar refractivity (Wildman–Crippen MR) is 99.3 cm³/mol. The molecule has 0 saturated carbocycles. The van der Waals surface area contributed by atoms with E-state index in [0.717, 1.165) is 0 Å². The topological polar surface area (TPSA) is 114 Å². The van der Waals surface area contributed by atoms with E-state index in [1.807, 2.05) is 0 Å². The molecule has 2 amide bonds. The Morgan fingerprint density at radius 3 is 2.67 bits per heavy atom. The third-order valence-electron chi connectivity index (χ3n) is 4.01. The molecule has 0 fully saturated rings. The lowest BCUT2D eigenvalue weighted by atomic mass is 9.87. The zero-order chi connectivity index (χ0) is 20.4. The fourth-order valence-electron chi connectivity index (χ4n) is 2.78. The van der Waals surface area contributed by atoms with E-state index >= 15 is 0 Å². The van der Waals surface area contributed by atoms with E-state index in [1.54, 1.807) is 46.8 Å². The van der Waals surface area contributed by atoms with E-state index in [0.29, 0.717) is 12.1 Å². The van der Waals surface area contributed by atoms with Gasteiger partial charge in [-0.05, 0) is 40.2 Å². The zero-order valence-electron chi connectivity index (χ0n) is 16.1. The molecule has 0 aromatic heterocycles. The number of carbonyl (C=O) groups is 2. The maximum atomic E-state index is 12.6. The number of amides is 2. The Hall–Kier alpha value is -2.97. The third-order valence-corrected chi connectivity index (χ3v) is 4.01. The summed E-state index contributed by atoms with van der Waals surface area (Å²) in [6.45, 7) is 8.97. The van der Waals surface area contributed by atoms with Crippen molar-refractivity contribution in [2.24, 2.45) is 4.99 Å². The van der Waals surface area contributed by atoms with E-state index in [-0.39, 0.29) is 24.0 Å². The van der Waals surface area contributed by atoms with Crippen molar-refractivity contribution < 1.29 is 19.2 Å². The summed E-state index contributed by atoms with van der Waals surface area (Å²) >= 11 is 0. The largest absolute Gasteiger partial charge is 0.444 e. The van der Waals surface area contributed by atoms with E-state index < -0.39 is 22.2 Å². The van der Waals surface area contributed by atoms with Crippen LogP contribution in [-0.2, 0) is 15.1 Å². The third kappa shape index (κ3) is 4.81. The van der Waals surface area contributed by atoms with Gasteiger partial charge in [0.1, 0.15) is 5.60 Å². The van der Waals surface area contributed by atoms with Crippen molar-refractivity contribution in [3.8, 4) is 0 Å². The fourth-order valence-corrected chi connectivity index (χ4v) is 2.78. The van der Waals surface area contributed by atoms with Gasteiger partial charge in [-0.25, -0.2) is 9.79 Å². The smallest absolute Gasteiger partial charge is 0.414 e. The van der Waals surface area contributed by atoms with Crippen LogP contribution in [0.2, 0.25) is 0 Å². The van der Waals surface area contributed by atoms with Gasteiger partial charge in [0.2, 0.25) is 11.9 Å². The molecule has 146 valence electrons. The molecule has 9 nitrogen and oxygen atoms in total. The highest BCUT2D eigenvalue weighted by atomic mass is 16.6. The minimum absolute atomic E-state index is 0.0293. The number of rotatable bonds is 3. The number of benzene rings is 1. The molecule has 0 unspecified atom stereocenters. The lowest BCUT2D eigenvalue weighted by molar-refractivity contribution is -0.385. The lowest BCUT2D eigenvalue weighted by Gasteiger charge is -2.36. The highest BCUT2D eigenvalue weighted by Gasteiger charge is 2.39. The molecule has 0 saturated heterocycles. The first-order chi connectivity index (χ1) is 12.4. The number of nitro groups is 1. The van der Waals surface area contributed by atoms with Crippen molar-refractivity contribution in [2.75, 3.05) is 6.54 Å². The highest BCUT2D eigenvalue weighted by Crippen LogP contribution is 2.34. The molecular formula is C18H24N4O5. The van der Waals surface area contributed by atoms with Crippen LogP contribution in [-0.4, -0.2) is 39.9 Å². The van der Waals surface area contributed by atoms with Crippen LogP contribution < -0.4 is 5.32 Å². The maximum absolute atomic E-state index is 12.6. The number of alkyl carbamates (subject to hydrolysis) is 1. The van der Waals surface area contributed by atoms with E-state index in [9.17, 15) is 19.7 Å². The van der Waals surface area contributed by atoms with Crippen LogP contribution >= 0.6 is 0 Å². The van der Waals surface area contributed by atoms with Crippen molar-refractivity contribution in [3.63, 3.8) is 0 Å². The summed E-state index contributed by atoms with van der Waals surface area (Å²) in [5, 5.41) is 13.6. The Bertz CT molecular complexity index is 799. The number of hydrogen-bond acceptors (Lipinski definition) is 6. The van der Waals surface area contributed by atoms with Crippen LogP contribution in [0.25, 0.3) is 0 Å². The molecule has 0 aliphatic carbocycles. The molecule has 1 atom stereocenters. The molecule has 1 N–H and O–H groups in total. The summed E-state index contributed by atoms with van der Waals surface area (Å²) in [4.78, 5) is 41.2.